The number of rotatable bonds is 3. The van der Waals surface area contributed by atoms with E-state index in [1.165, 1.54) is 11.3 Å². The number of hydrogen-bond acceptors (Lipinski definition) is 2. The average Bonchev–Trinajstić information content (AvgIpc) is 2.27. The normalized spacial score (nSPS) is 11.2. The van der Waals surface area contributed by atoms with E-state index in [0.717, 1.165) is 12.1 Å². The quantitative estimate of drug-likeness (QED) is 0.765. The zero-order chi connectivity index (χ0) is 10.0. The lowest BCUT2D eigenvalue weighted by Gasteiger charge is -2.08. The van der Waals surface area contributed by atoms with Gasteiger partial charge in [0.15, 0.2) is 0 Å². The fourth-order valence-corrected chi connectivity index (χ4v) is 1.91. The Labute approximate surface area is 79.9 Å². The number of hydrogen-bond donors (Lipinski definition) is 1. The van der Waals surface area contributed by atoms with E-state index < -0.39 is 0 Å². The Bertz CT molecular complexity index is 287. The first-order valence-electron chi connectivity index (χ1n) is 4.80. The van der Waals surface area contributed by atoms with Gasteiger partial charge >= 0.3 is 0 Å². The molecule has 1 aromatic rings. The maximum Gasteiger partial charge on any atom is 0.0631 e. The van der Waals surface area contributed by atoms with Crippen molar-refractivity contribution >= 4 is 0 Å². The van der Waals surface area contributed by atoms with Gasteiger partial charge < -0.3 is 5.73 Å². The Morgan fingerprint density at radius 2 is 2.08 bits per heavy atom. The van der Waals surface area contributed by atoms with E-state index in [2.05, 4.69) is 25.9 Å². The molecule has 0 aliphatic carbocycles. The molecule has 1 aromatic heterocycles. The van der Waals surface area contributed by atoms with Crippen molar-refractivity contribution in [3.8, 4) is 0 Å². The standard InChI is InChI=1S/C10H19N3/c1-7(2)10-8(3)12-13(4)9(10)5-6-11/h7H,5-6,11H2,1-4H3. The highest BCUT2D eigenvalue weighted by Crippen LogP contribution is 2.22. The lowest BCUT2D eigenvalue weighted by molar-refractivity contribution is 0.694. The van der Waals surface area contributed by atoms with Gasteiger partial charge in [0.1, 0.15) is 0 Å². The van der Waals surface area contributed by atoms with E-state index >= 15 is 0 Å². The summed E-state index contributed by atoms with van der Waals surface area (Å²) in [7, 11) is 1.99. The van der Waals surface area contributed by atoms with Crippen LogP contribution >= 0.6 is 0 Å². The van der Waals surface area contributed by atoms with E-state index in [-0.39, 0.29) is 0 Å². The molecule has 0 spiro atoms. The van der Waals surface area contributed by atoms with Crippen LogP contribution in [0.4, 0.5) is 0 Å². The summed E-state index contributed by atoms with van der Waals surface area (Å²) >= 11 is 0. The molecule has 1 rings (SSSR count). The molecule has 13 heavy (non-hydrogen) atoms. The van der Waals surface area contributed by atoms with E-state index in [0.29, 0.717) is 12.5 Å². The van der Waals surface area contributed by atoms with Crippen LogP contribution < -0.4 is 5.73 Å². The molecule has 3 heteroatoms. The van der Waals surface area contributed by atoms with Crippen molar-refractivity contribution in [1.29, 1.82) is 0 Å². The summed E-state index contributed by atoms with van der Waals surface area (Å²) in [5.41, 5.74) is 9.36. The van der Waals surface area contributed by atoms with Crippen LogP contribution in [0.2, 0.25) is 0 Å². The highest BCUT2D eigenvalue weighted by atomic mass is 15.3. The fraction of sp³-hybridized carbons (Fsp3) is 0.700. The molecular weight excluding hydrogens is 162 g/mol. The van der Waals surface area contributed by atoms with Crippen LogP contribution in [0.1, 0.15) is 36.7 Å². The number of aryl methyl sites for hydroxylation is 2. The summed E-state index contributed by atoms with van der Waals surface area (Å²) in [4.78, 5) is 0. The third-order valence-corrected chi connectivity index (χ3v) is 2.35. The van der Waals surface area contributed by atoms with Crippen LogP contribution in [-0.2, 0) is 13.5 Å². The van der Waals surface area contributed by atoms with Crippen LogP contribution in [0, 0.1) is 6.92 Å². The summed E-state index contributed by atoms with van der Waals surface area (Å²) < 4.78 is 1.96. The van der Waals surface area contributed by atoms with Gasteiger partial charge in [-0.2, -0.15) is 5.10 Å². The molecule has 0 fully saturated rings. The molecule has 0 saturated carbocycles. The molecule has 0 aromatic carbocycles. The van der Waals surface area contributed by atoms with Gasteiger partial charge in [-0.05, 0) is 24.9 Å². The Hall–Kier alpha value is -0.830. The van der Waals surface area contributed by atoms with Crippen LogP contribution in [-0.4, -0.2) is 16.3 Å². The van der Waals surface area contributed by atoms with Crippen molar-refractivity contribution < 1.29 is 0 Å². The molecule has 3 nitrogen and oxygen atoms in total. The predicted octanol–water partition coefficient (Wildman–Crippen LogP) is 1.35. The SMILES string of the molecule is Cc1nn(C)c(CCN)c1C(C)C. The molecule has 0 atom stereocenters. The Balaban J connectivity index is 3.13. The Morgan fingerprint density at radius 1 is 1.46 bits per heavy atom. The molecule has 2 N–H and O–H groups in total. The minimum absolute atomic E-state index is 0.537. The summed E-state index contributed by atoms with van der Waals surface area (Å²) in [6.07, 6.45) is 0.921. The molecule has 74 valence electrons. The van der Waals surface area contributed by atoms with Crippen molar-refractivity contribution in [1.82, 2.24) is 9.78 Å². The van der Waals surface area contributed by atoms with Gasteiger partial charge in [0.05, 0.1) is 5.69 Å². The summed E-state index contributed by atoms with van der Waals surface area (Å²) in [5.74, 6) is 0.537. The zero-order valence-electron chi connectivity index (χ0n) is 8.96. The van der Waals surface area contributed by atoms with Gasteiger partial charge in [-0.15, -0.1) is 0 Å². The molecule has 0 radical (unpaired) electrons. The lowest BCUT2D eigenvalue weighted by atomic mass is 9.99. The second-order valence-corrected chi connectivity index (χ2v) is 3.76. The van der Waals surface area contributed by atoms with Crippen LogP contribution in [0.3, 0.4) is 0 Å². The Kier molecular flexibility index (Phi) is 3.09. The van der Waals surface area contributed by atoms with E-state index in [1.54, 1.807) is 0 Å². The highest BCUT2D eigenvalue weighted by molar-refractivity contribution is 5.28. The first kappa shape index (κ1) is 10.3. The monoisotopic (exact) mass is 181 g/mol. The Morgan fingerprint density at radius 3 is 2.54 bits per heavy atom. The van der Waals surface area contributed by atoms with Crippen LogP contribution in [0.25, 0.3) is 0 Å². The van der Waals surface area contributed by atoms with Crippen LogP contribution in [0.5, 0.6) is 0 Å². The second kappa shape index (κ2) is 3.92. The topological polar surface area (TPSA) is 43.8 Å². The maximum absolute atomic E-state index is 5.57. The van der Waals surface area contributed by atoms with E-state index in [1.807, 2.05) is 11.7 Å². The first-order chi connectivity index (χ1) is 6.07. The van der Waals surface area contributed by atoms with Gasteiger partial charge in [-0.25, -0.2) is 0 Å². The molecule has 1 heterocycles. The second-order valence-electron chi connectivity index (χ2n) is 3.76. The van der Waals surface area contributed by atoms with Crippen molar-refractivity contribution in [3.63, 3.8) is 0 Å². The van der Waals surface area contributed by atoms with Gasteiger partial charge in [0.2, 0.25) is 0 Å². The zero-order valence-corrected chi connectivity index (χ0v) is 8.96. The minimum atomic E-state index is 0.537. The lowest BCUT2D eigenvalue weighted by Crippen LogP contribution is -2.09. The molecule has 0 bridgehead atoms. The average molecular weight is 181 g/mol. The molecular formula is C10H19N3. The molecule has 0 amide bonds. The van der Waals surface area contributed by atoms with Crippen molar-refractivity contribution in [2.45, 2.75) is 33.1 Å². The summed E-state index contributed by atoms with van der Waals surface area (Å²) in [5, 5.41) is 4.41. The number of nitrogens with zero attached hydrogens (tertiary/aromatic N) is 2. The van der Waals surface area contributed by atoms with Crippen LogP contribution in [0.15, 0.2) is 0 Å². The number of aromatic nitrogens is 2. The summed E-state index contributed by atoms with van der Waals surface area (Å²) in [6, 6.07) is 0. The number of nitrogens with two attached hydrogens (primary N) is 1. The molecule has 0 unspecified atom stereocenters. The van der Waals surface area contributed by atoms with Gasteiger partial charge in [-0.3, -0.25) is 4.68 Å². The smallest absolute Gasteiger partial charge is 0.0631 e. The van der Waals surface area contributed by atoms with E-state index in [4.69, 9.17) is 5.73 Å². The minimum Gasteiger partial charge on any atom is -0.330 e. The highest BCUT2D eigenvalue weighted by Gasteiger charge is 2.14. The largest absolute Gasteiger partial charge is 0.330 e. The third-order valence-electron chi connectivity index (χ3n) is 2.35. The maximum atomic E-state index is 5.57. The summed E-state index contributed by atoms with van der Waals surface area (Å²) in [6.45, 7) is 7.15. The molecule has 0 aliphatic heterocycles. The van der Waals surface area contributed by atoms with Crippen molar-refractivity contribution in [2.75, 3.05) is 6.54 Å². The molecule has 0 saturated heterocycles. The first-order valence-corrected chi connectivity index (χ1v) is 4.80. The van der Waals surface area contributed by atoms with Gasteiger partial charge in [0, 0.05) is 19.2 Å². The van der Waals surface area contributed by atoms with Gasteiger partial charge in [-0.1, -0.05) is 13.8 Å². The third kappa shape index (κ3) is 1.91. The molecule has 0 aliphatic rings. The van der Waals surface area contributed by atoms with E-state index in [9.17, 15) is 0 Å². The van der Waals surface area contributed by atoms with Crippen molar-refractivity contribution in [3.05, 3.63) is 17.0 Å². The van der Waals surface area contributed by atoms with Gasteiger partial charge in [0.25, 0.3) is 0 Å². The predicted molar refractivity (Wildman–Crippen MR) is 54.8 cm³/mol. The van der Waals surface area contributed by atoms with Crippen molar-refractivity contribution in [2.24, 2.45) is 12.8 Å². The fourth-order valence-electron chi connectivity index (χ4n) is 1.91.